The van der Waals surface area contributed by atoms with Crippen LogP contribution in [0.1, 0.15) is 26.2 Å². The number of hydrogen-bond acceptors (Lipinski definition) is 4. The molecule has 0 aromatic heterocycles. The average molecular weight is 283 g/mol. The fourth-order valence-corrected chi connectivity index (χ4v) is 3.20. The molecule has 0 aromatic carbocycles. The van der Waals surface area contributed by atoms with Crippen LogP contribution in [0.5, 0.6) is 0 Å². The van der Waals surface area contributed by atoms with Crippen LogP contribution in [-0.4, -0.2) is 63.8 Å². The number of carbonyl (C=O) groups excluding carboxylic acids is 1. The highest BCUT2D eigenvalue weighted by atomic mass is 16.5. The predicted molar refractivity (Wildman–Crippen MR) is 79.6 cm³/mol. The van der Waals surface area contributed by atoms with Gasteiger partial charge in [-0.25, -0.2) is 0 Å². The van der Waals surface area contributed by atoms with Crippen molar-refractivity contribution in [2.75, 3.05) is 53.0 Å². The van der Waals surface area contributed by atoms with E-state index in [0.717, 1.165) is 38.5 Å². The zero-order valence-corrected chi connectivity index (χ0v) is 12.9. The molecule has 2 rings (SSSR count). The molecule has 2 fully saturated rings. The lowest BCUT2D eigenvalue weighted by molar-refractivity contribution is -0.133. The first-order chi connectivity index (χ1) is 9.66. The van der Waals surface area contributed by atoms with Crippen LogP contribution < -0.4 is 10.6 Å². The van der Waals surface area contributed by atoms with E-state index >= 15 is 0 Å². The van der Waals surface area contributed by atoms with E-state index in [-0.39, 0.29) is 11.3 Å². The number of piperidine rings is 1. The van der Waals surface area contributed by atoms with Crippen molar-refractivity contribution in [3.05, 3.63) is 0 Å². The van der Waals surface area contributed by atoms with Crippen LogP contribution in [0.25, 0.3) is 0 Å². The first-order valence-electron chi connectivity index (χ1n) is 7.86. The Bertz CT molecular complexity index is 308. The minimum absolute atomic E-state index is 0.148. The number of methoxy groups -OCH3 is 1. The number of ether oxygens (including phenoxy) is 1. The fraction of sp³-hybridized carbons (Fsp3) is 0.933. The van der Waals surface area contributed by atoms with Crippen molar-refractivity contribution in [3.63, 3.8) is 0 Å². The molecule has 0 aliphatic carbocycles. The maximum absolute atomic E-state index is 12.4. The molecular weight excluding hydrogens is 254 g/mol. The second kappa shape index (κ2) is 7.38. The van der Waals surface area contributed by atoms with Gasteiger partial charge in [0.25, 0.3) is 0 Å². The normalized spacial score (nSPS) is 28.7. The fourth-order valence-electron chi connectivity index (χ4n) is 3.20. The lowest BCUT2D eigenvalue weighted by atomic mass is 9.87. The lowest BCUT2D eigenvalue weighted by Crippen LogP contribution is -2.48. The number of nitrogens with one attached hydrogen (secondary N) is 2. The number of likely N-dealkylation sites (tertiary alicyclic amines) is 1. The first-order valence-corrected chi connectivity index (χ1v) is 7.86. The third-order valence-electron chi connectivity index (χ3n) is 4.74. The van der Waals surface area contributed by atoms with E-state index in [9.17, 15) is 4.79 Å². The predicted octanol–water partition coefficient (Wildman–Crippen LogP) is 0.461. The molecule has 0 bridgehead atoms. The zero-order valence-electron chi connectivity index (χ0n) is 12.9. The van der Waals surface area contributed by atoms with Gasteiger partial charge in [0.2, 0.25) is 5.91 Å². The van der Waals surface area contributed by atoms with E-state index in [2.05, 4.69) is 22.5 Å². The molecule has 0 saturated carbocycles. The summed E-state index contributed by atoms with van der Waals surface area (Å²) in [7, 11) is 1.67. The smallest absolute Gasteiger partial charge is 0.229 e. The quantitative estimate of drug-likeness (QED) is 0.744. The molecular formula is C15H29N3O2. The highest BCUT2D eigenvalue weighted by molar-refractivity contribution is 5.83. The summed E-state index contributed by atoms with van der Waals surface area (Å²) in [5.41, 5.74) is -0.356. The van der Waals surface area contributed by atoms with E-state index in [1.807, 2.05) is 0 Å². The molecule has 1 atom stereocenters. The van der Waals surface area contributed by atoms with E-state index in [0.29, 0.717) is 6.61 Å². The average Bonchev–Trinajstić information content (AvgIpc) is 2.91. The Balaban J connectivity index is 1.71. The Hall–Kier alpha value is -0.650. The summed E-state index contributed by atoms with van der Waals surface area (Å²) >= 11 is 0. The molecule has 0 aromatic rings. The molecule has 1 unspecified atom stereocenters. The lowest BCUT2D eigenvalue weighted by Gasteiger charge is -2.31. The van der Waals surface area contributed by atoms with Gasteiger partial charge in [-0.05, 0) is 44.8 Å². The third-order valence-corrected chi connectivity index (χ3v) is 4.74. The maximum Gasteiger partial charge on any atom is 0.229 e. The van der Waals surface area contributed by atoms with Crippen LogP contribution in [0.2, 0.25) is 0 Å². The van der Waals surface area contributed by atoms with Gasteiger partial charge < -0.3 is 20.3 Å². The van der Waals surface area contributed by atoms with Gasteiger partial charge in [-0.15, -0.1) is 0 Å². The summed E-state index contributed by atoms with van der Waals surface area (Å²) < 4.78 is 5.25. The Labute approximate surface area is 122 Å². The SMILES string of the molecule is COCC1(C(=O)NCCN2CCC(C)CC2)CCNC1. The molecule has 20 heavy (non-hydrogen) atoms. The maximum atomic E-state index is 12.4. The van der Waals surface area contributed by atoms with Gasteiger partial charge in [0.1, 0.15) is 0 Å². The van der Waals surface area contributed by atoms with Gasteiger partial charge in [-0.1, -0.05) is 6.92 Å². The Morgan fingerprint density at radius 2 is 2.20 bits per heavy atom. The first kappa shape index (κ1) is 15.7. The van der Waals surface area contributed by atoms with Gasteiger partial charge in [-0.3, -0.25) is 4.79 Å². The summed E-state index contributed by atoms with van der Waals surface area (Å²) in [6.45, 7) is 8.51. The van der Waals surface area contributed by atoms with Crippen molar-refractivity contribution >= 4 is 5.91 Å². The largest absolute Gasteiger partial charge is 0.384 e. The van der Waals surface area contributed by atoms with Crippen LogP contribution in [0.3, 0.4) is 0 Å². The molecule has 2 aliphatic heterocycles. The summed E-state index contributed by atoms with van der Waals surface area (Å²) in [5, 5.41) is 6.38. The molecule has 1 amide bonds. The molecule has 0 spiro atoms. The summed E-state index contributed by atoms with van der Waals surface area (Å²) in [4.78, 5) is 14.9. The van der Waals surface area contributed by atoms with Crippen molar-refractivity contribution in [3.8, 4) is 0 Å². The summed E-state index contributed by atoms with van der Waals surface area (Å²) in [6.07, 6.45) is 3.44. The van der Waals surface area contributed by atoms with Crippen molar-refractivity contribution in [1.82, 2.24) is 15.5 Å². The van der Waals surface area contributed by atoms with Crippen LogP contribution in [0.4, 0.5) is 0 Å². The van der Waals surface area contributed by atoms with Crippen LogP contribution in [0.15, 0.2) is 0 Å². The van der Waals surface area contributed by atoms with E-state index in [4.69, 9.17) is 4.74 Å². The number of amides is 1. The second-order valence-electron chi connectivity index (χ2n) is 6.42. The van der Waals surface area contributed by atoms with E-state index in [1.165, 1.54) is 25.9 Å². The number of rotatable bonds is 6. The molecule has 2 aliphatic rings. The van der Waals surface area contributed by atoms with Gasteiger partial charge in [0.15, 0.2) is 0 Å². The number of nitrogens with zero attached hydrogens (tertiary/aromatic N) is 1. The number of hydrogen-bond donors (Lipinski definition) is 2. The molecule has 2 heterocycles. The molecule has 116 valence electrons. The van der Waals surface area contributed by atoms with Crippen LogP contribution >= 0.6 is 0 Å². The molecule has 5 nitrogen and oxygen atoms in total. The van der Waals surface area contributed by atoms with E-state index in [1.54, 1.807) is 7.11 Å². The topological polar surface area (TPSA) is 53.6 Å². The van der Waals surface area contributed by atoms with Crippen LogP contribution in [0, 0.1) is 11.3 Å². The van der Waals surface area contributed by atoms with Crippen molar-refractivity contribution in [2.45, 2.75) is 26.2 Å². The highest BCUT2D eigenvalue weighted by Gasteiger charge is 2.41. The Morgan fingerprint density at radius 3 is 2.80 bits per heavy atom. The summed E-state index contributed by atoms with van der Waals surface area (Å²) in [6, 6.07) is 0. The second-order valence-corrected chi connectivity index (χ2v) is 6.42. The minimum Gasteiger partial charge on any atom is -0.384 e. The highest BCUT2D eigenvalue weighted by Crippen LogP contribution is 2.26. The van der Waals surface area contributed by atoms with Crippen molar-refractivity contribution in [1.29, 1.82) is 0 Å². The Morgan fingerprint density at radius 1 is 1.45 bits per heavy atom. The van der Waals surface area contributed by atoms with Gasteiger partial charge >= 0.3 is 0 Å². The zero-order chi connectivity index (χ0) is 14.4. The van der Waals surface area contributed by atoms with Crippen molar-refractivity contribution in [2.24, 2.45) is 11.3 Å². The minimum atomic E-state index is -0.356. The molecule has 5 heteroatoms. The summed E-state index contributed by atoms with van der Waals surface area (Å²) in [5.74, 6) is 1.00. The van der Waals surface area contributed by atoms with Gasteiger partial charge in [0.05, 0.1) is 12.0 Å². The molecule has 0 radical (unpaired) electrons. The van der Waals surface area contributed by atoms with Crippen molar-refractivity contribution < 1.29 is 9.53 Å². The number of carbonyl (C=O) groups is 1. The van der Waals surface area contributed by atoms with E-state index < -0.39 is 0 Å². The Kier molecular flexibility index (Phi) is 5.81. The monoisotopic (exact) mass is 283 g/mol. The third kappa shape index (κ3) is 3.93. The molecule has 2 N–H and O–H groups in total. The standard InChI is InChI=1S/C15H29N3O2/c1-13-3-8-18(9-4-13)10-7-17-14(19)15(12-20-2)5-6-16-11-15/h13,16H,3-12H2,1-2H3,(H,17,19). The van der Waals surface area contributed by atoms with Gasteiger partial charge in [-0.2, -0.15) is 0 Å². The van der Waals surface area contributed by atoms with Gasteiger partial charge in [0, 0.05) is 26.7 Å². The molecule has 2 saturated heterocycles. The van der Waals surface area contributed by atoms with Crippen LogP contribution in [-0.2, 0) is 9.53 Å².